The molecule has 0 saturated carbocycles. The first-order valence-corrected chi connectivity index (χ1v) is 7.27. The number of anilines is 1. The van der Waals surface area contributed by atoms with Crippen molar-refractivity contribution in [2.45, 2.75) is 13.0 Å². The lowest BCUT2D eigenvalue weighted by Crippen LogP contribution is -2.48. The van der Waals surface area contributed by atoms with Gasteiger partial charge in [0.25, 0.3) is 0 Å². The molecule has 0 radical (unpaired) electrons. The van der Waals surface area contributed by atoms with Crippen LogP contribution in [0.1, 0.15) is 5.56 Å². The molecule has 1 N–H and O–H groups in total. The van der Waals surface area contributed by atoms with Crippen molar-refractivity contribution in [3.63, 3.8) is 0 Å². The Hall–Kier alpha value is -1.17. The molecule has 5 heteroatoms. The van der Waals surface area contributed by atoms with E-state index >= 15 is 0 Å². The van der Waals surface area contributed by atoms with E-state index in [4.69, 9.17) is 0 Å². The van der Waals surface area contributed by atoms with Gasteiger partial charge in [-0.3, -0.25) is 4.90 Å². The summed E-state index contributed by atoms with van der Waals surface area (Å²) in [6, 6.07) is 4.03. The fourth-order valence-corrected chi connectivity index (χ4v) is 2.52. The molecular weight excluding hydrogens is 252 g/mol. The molecular formula is C15H26N4O. The maximum atomic E-state index is 10.2. The van der Waals surface area contributed by atoms with Gasteiger partial charge in [0.2, 0.25) is 0 Å². The van der Waals surface area contributed by atoms with Crippen LogP contribution in [0.5, 0.6) is 0 Å². The van der Waals surface area contributed by atoms with Crippen LogP contribution in [0.25, 0.3) is 0 Å². The number of aliphatic hydroxyl groups excluding tert-OH is 1. The third kappa shape index (κ3) is 4.44. The van der Waals surface area contributed by atoms with Crippen LogP contribution < -0.4 is 4.90 Å². The SMILES string of the molecule is Cc1ccnc(N(C)C[C@H](O)CN2CCN(C)CC2)c1. The Bertz CT molecular complexity index is 418. The van der Waals surface area contributed by atoms with Gasteiger partial charge in [-0.2, -0.15) is 0 Å². The van der Waals surface area contributed by atoms with Crippen LogP contribution in [-0.4, -0.2) is 79.4 Å². The third-order valence-electron chi connectivity index (χ3n) is 3.84. The number of aromatic nitrogens is 1. The Morgan fingerprint density at radius 1 is 1.35 bits per heavy atom. The van der Waals surface area contributed by atoms with Crippen molar-refractivity contribution < 1.29 is 5.11 Å². The standard InChI is InChI=1S/C15H26N4O/c1-13-4-5-16-15(10-13)18(3)11-14(20)12-19-8-6-17(2)7-9-19/h4-5,10,14,20H,6-9,11-12H2,1-3H3/t14-/m0/s1. The van der Waals surface area contributed by atoms with Gasteiger partial charge in [0.1, 0.15) is 5.82 Å². The molecule has 0 spiro atoms. The highest BCUT2D eigenvalue weighted by molar-refractivity contribution is 5.39. The minimum Gasteiger partial charge on any atom is -0.390 e. The minimum atomic E-state index is -0.342. The predicted octanol–water partition coefficient (Wildman–Crippen LogP) is 0.435. The number of hydrogen-bond donors (Lipinski definition) is 1. The molecule has 0 bridgehead atoms. The molecule has 112 valence electrons. The summed E-state index contributed by atoms with van der Waals surface area (Å²) >= 11 is 0. The van der Waals surface area contributed by atoms with Crippen LogP contribution >= 0.6 is 0 Å². The van der Waals surface area contributed by atoms with E-state index in [2.05, 4.69) is 28.8 Å². The molecule has 0 aliphatic carbocycles. The maximum Gasteiger partial charge on any atom is 0.128 e. The zero-order valence-electron chi connectivity index (χ0n) is 12.8. The monoisotopic (exact) mass is 278 g/mol. The van der Waals surface area contributed by atoms with Gasteiger partial charge in [-0.15, -0.1) is 0 Å². The molecule has 1 aromatic rings. The van der Waals surface area contributed by atoms with Crippen molar-refractivity contribution in [1.82, 2.24) is 14.8 Å². The van der Waals surface area contributed by atoms with E-state index in [1.54, 1.807) is 0 Å². The largest absolute Gasteiger partial charge is 0.390 e. The highest BCUT2D eigenvalue weighted by Gasteiger charge is 2.18. The van der Waals surface area contributed by atoms with Crippen molar-refractivity contribution in [3.05, 3.63) is 23.9 Å². The van der Waals surface area contributed by atoms with E-state index in [-0.39, 0.29) is 6.10 Å². The molecule has 2 rings (SSSR count). The number of pyridine rings is 1. The number of likely N-dealkylation sites (N-methyl/N-ethyl adjacent to an activating group) is 2. The van der Waals surface area contributed by atoms with Gasteiger partial charge < -0.3 is 14.9 Å². The number of hydrogen-bond acceptors (Lipinski definition) is 5. The van der Waals surface area contributed by atoms with Gasteiger partial charge in [-0.05, 0) is 31.7 Å². The molecule has 5 nitrogen and oxygen atoms in total. The van der Waals surface area contributed by atoms with Crippen molar-refractivity contribution >= 4 is 5.82 Å². The van der Waals surface area contributed by atoms with E-state index < -0.39 is 0 Å². The lowest BCUT2D eigenvalue weighted by atomic mass is 10.2. The molecule has 0 amide bonds. The van der Waals surface area contributed by atoms with Crippen molar-refractivity contribution in [2.75, 3.05) is 58.3 Å². The molecule has 1 saturated heterocycles. The van der Waals surface area contributed by atoms with Crippen molar-refractivity contribution in [1.29, 1.82) is 0 Å². The summed E-state index contributed by atoms with van der Waals surface area (Å²) in [5.74, 6) is 0.919. The quantitative estimate of drug-likeness (QED) is 0.846. The second-order valence-corrected chi connectivity index (χ2v) is 5.83. The molecule has 0 aromatic carbocycles. The average molecular weight is 278 g/mol. The summed E-state index contributed by atoms with van der Waals surface area (Å²) in [7, 11) is 4.12. The molecule has 1 fully saturated rings. The normalized spacial score (nSPS) is 19.0. The number of rotatable bonds is 5. The van der Waals surface area contributed by atoms with Gasteiger partial charge in [-0.1, -0.05) is 0 Å². The third-order valence-corrected chi connectivity index (χ3v) is 3.84. The Morgan fingerprint density at radius 3 is 2.70 bits per heavy atom. The second-order valence-electron chi connectivity index (χ2n) is 5.83. The Labute approximate surface area is 121 Å². The molecule has 2 heterocycles. The van der Waals surface area contributed by atoms with Gasteiger partial charge in [0.15, 0.2) is 0 Å². The van der Waals surface area contributed by atoms with Crippen molar-refractivity contribution in [2.24, 2.45) is 0 Å². The maximum absolute atomic E-state index is 10.2. The fraction of sp³-hybridized carbons (Fsp3) is 0.667. The molecule has 0 unspecified atom stereocenters. The van der Waals surface area contributed by atoms with E-state index in [9.17, 15) is 5.11 Å². The lowest BCUT2D eigenvalue weighted by molar-refractivity contribution is 0.0842. The van der Waals surface area contributed by atoms with E-state index in [0.717, 1.165) is 38.5 Å². The van der Waals surface area contributed by atoms with Crippen LogP contribution in [0.2, 0.25) is 0 Å². The predicted molar refractivity (Wildman–Crippen MR) is 82.2 cm³/mol. The first-order valence-electron chi connectivity index (χ1n) is 7.27. The van der Waals surface area contributed by atoms with Crippen LogP contribution in [-0.2, 0) is 0 Å². The Kier molecular flexibility index (Phi) is 5.34. The molecule has 20 heavy (non-hydrogen) atoms. The van der Waals surface area contributed by atoms with E-state index in [1.807, 2.05) is 30.3 Å². The lowest BCUT2D eigenvalue weighted by Gasteiger charge is -2.34. The highest BCUT2D eigenvalue weighted by atomic mass is 16.3. The Morgan fingerprint density at radius 2 is 2.05 bits per heavy atom. The Balaban J connectivity index is 1.80. The van der Waals surface area contributed by atoms with E-state index in [1.165, 1.54) is 5.56 Å². The first kappa shape index (κ1) is 15.2. The number of aryl methyl sites for hydroxylation is 1. The summed E-state index contributed by atoms with van der Waals surface area (Å²) in [6.45, 7) is 7.66. The van der Waals surface area contributed by atoms with Gasteiger partial charge in [0, 0.05) is 52.5 Å². The van der Waals surface area contributed by atoms with Crippen LogP contribution in [0, 0.1) is 6.92 Å². The summed E-state index contributed by atoms with van der Waals surface area (Å²) in [6.07, 6.45) is 1.47. The summed E-state index contributed by atoms with van der Waals surface area (Å²) in [5.41, 5.74) is 1.19. The zero-order chi connectivity index (χ0) is 14.5. The van der Waals surface area contributed by atoms with Crippen LogP contribution in [0.15, 0.2) is 18.3 Å². The summed E-state index contributed by atoms with van der Waals surface area (Å²) in [4.78, 5) is 11.0. The smallest absolute Gasteiger partial charge is 0.128 e. The number of piperazine rings is 1. The van der Waals surface area contributed by atoms with E-state index in [0.29, 0.717) is 6.54 Å². The number of nitrogens with zero attached hydrogens (tertiary/aromatic N) is 4. The summed E-state index contributed by atoms with van der Waals surface area (Å²) < 4.78 is 0. The fourth-order valence-electron chi connectivity index (χ4n) is 2.52. The summed E-state index contributed by atoms with van der Waals surface area (Å²) in [5, 5.41) is 10.2. The average Bonchev–Trinajstić information content (AvgIpc) is 2.41. The first-order chi connectivity index (χ1) is 9.54. The highest BCUT2D eigenvalue weighted by Crippen LogP contribution is 2.11. The van der Waals surface area contributed by atoms with Crippen molar-refractivity contribution in [3.8, 4) is 0 Å². The zero-order valence-corrected chi connectivity index (χ0v) is 12.8. The number of aliphatic hydroxyl groups is 1. The molecule has 1 aliphatic rings. The molecule has 1 aromatic heterocycles. The second kappa shape index (κ2) is 7.02. The number of β-amino-alcohol motifs (C(OH)–C–C–N with tert-alkyl or cyclic N) is 1. The van der Waals surface area contributed by atoms with Crippen LogP contribution in [0.3, 0.4) is 0 Å². The van der Waals surface area contributed by atoms with Gasteiger partial charge in [0.05, 0.1) is 6.10 Å². The molecule has 1 aliphatic heterocycles. The van der Waals surface area contributed by atoms with Gasteiger partial charge >= 0.3 is 0 Å². The minimum absolute atomic E-state index is 0.342. The molecule has 1 atom stereocenters. The topological polar surface area (TPSA) is 42.8 Å². The van der Waals surface area contributed by atoms with Crippen LogP contribution in [0.4, 0.5) is 5.82 Å². The van der Waals surface area contributed by atoms with Gasteiger partial charge in [-0.25, -0.2) is 4.98 Å².